The number of carbonyl (C=O) groups is 1. The van der Waals surface area contributed by atoms with E-state index < -0.39 is 0 Å². The molecule has 2 aromatic rings. The highest BCUT2D eigenvalue weighted by Crippen LogP contribution is 2.28. The number of para-hydroxylation sites is 1. The summed E-state index contributed by atoms with van der Waals surface area (Å²) in [5, 5.41) is 4.33. The summed E-state index contributed by atoms with van der Waals surface area (Å²) in [5.41, 5.74) is 1.75. The summed E-state index contributed by atoms with van der Waals surface area (Å²) in [7, 11) is 5.87. The third kappa shape index (κ3) is 2.74. The molecule has 22 heavy (non-hydrogen) atoms. The number of furan rings is 1. The summed E-state index contributed by atoms with van der Waals surface area (Å²) < 4.78 is 5.90. The summed E-state index contributed by atoms with van der Waals surface area (Å²) >= 11 is 0. The van der Waals surface area contributed by atoms with Gasteiger partial charge in [-0.3, -0.25) is 4.79 Å². The number of benzene rings is 1. The minimum atomic E-state index is -0.0262. The molecule has 2 heterocycles. The minimum Gasteiger partial charge on any atom is -0.451 e. The standard InChI is InChI=1S/C17H23N3O2/c1-19(2)11-14-13-6-4-5-7-15(13)22-16(14)17(21)20(3)12-8-9-18-10-12/h4-7,12,18H,8-11H2,1-3H3. The molecule has 3 rings (SSSR count). The van der Waals surface area contributed by atoms with Crippen LogP contribution in [0.5, 0.6) is 0 Å². The van der Waals surface area contributed by atoms with Gasteiger partial charge in [0.05, 0.1) is 0 Å². The maximum Gasteiger partial charge on any atom is 0.289 e. The Morgan fingerprint density at radius 3 is 2.77 bits per heavy atom. The fraction of sp³-hybridized carbons (Fsp3) is 0.471. The zero-order chi connectivity index (χ0) is 15.7. The van der Waals surface area contributed by atoms with Gasteiger partial charge in [0.1, 0.15) is 5.58 Å². The van der Waals surface area contributed by atoms with Crippen LogP contribution in [0.1, 0.15) is 22.5 Å². The van der Waals surface area contributed by atoms with Crippen LogP contribution >= 0.6 is 0 Å². The smallest absolute Gasteiger partial charge is 0.289 e. The number of nitrogens with one attached hydrogen (secondary N) is 1. The number of rotatable bonds is 4. The fourth-order valence-corrected chi connectivity index (χ4v) is 3.04. The van der Waals surface area contributed by atoms with E-state index in [1.807, 2.05) is 50.3 Å². The normalized spacial score (nSPS) is 18.3. The van der Waals surface area contributed by atoms with Gasteiger partial charge < -0.3 is 19.5 Å². The van der Waals surface area contributed by atoms with E-state index in [2.05, 4.69) is 10.2 Å². The van der Waals surface area contributed by atoms with Crippen LogP contribution in [0, 0.1) is 0 Å². The molecule has 1 aromatic heterocycles. The van der Waals surface area contributed by atoms with Crippen molar-refractivity contribution in [1.82, 2.24) is 15.1 Å². The number of hydrogen-bond acceptors (Lipinski definition) is 4. The van der Waals surface area contributed by atoms with Crippen molar-refractivity contribution in [1.29, 1.82) is 0 Å². The lowest BCUT2D eigenvalue weighted by Gasteiger charge is -2.23. The zero-order valence-electron chi connectivity index (χ0n) is 13.4. The van der Waals surface area contributed by atoms with E-state index in [1.165, 1.54) is 0 Å². The van der Waals surface area contributed by atoms with Crippen LogP contribution in [-0.4, -0.2) is 56.0 Å². The molecular weight excluding hydrogens is 278 g/mol. The van der Waals surface area contributed by atoms with Gasteiger partial charge in [-0.05, 0) is 33.1 Å². The highest BCUT2D eigenvalue weighted by molar-refractivity contribution is 5.99. The van der Waals surface area contributed by atoms with Crippen molar-refractivity contribution in [3.05, 3.63) is 35.6 Å². The average molecular weight is 301 g/mol. The van der Waals surface area contributed by atoms with Crippen LogP contribution in [0.3, 0.4) is 0 Å². The van der Waals surface area contributed by atoms with Gasteiger partial charge in [0.15, 0.2) is 5.76 Å². The number of fused-ring (bicyclic) bond motifs is 1. The Morgan fingerprint density at radius 1 is 1.32 bits per heavy atom. The zero-order valence-corrected chi connectivity index (χ0v) is 13.4. The minimum absolute atomic E-state index is 0.0262. The molecule has 1 fully saturated rings. The van der Waals surface area contributed by atoms with E-state index in [1.54, 1.807) is 0 Å². The number of amides is 1. The molecule has 0 radical (unpaired) electrons. The predicted molar refractivity (Wildman–Crippen MR) is 87.0 cm³/mol. The van der Waals surface area contributed by atoms with Crippen LogP contribution < -0.4 is 5.32 Å². The number of hydrogen-bond donors (Lipinski definition) is 1. The molecule has 1 saturated heterocycles. The summed E-state index contributed by atoms with van der Waals surface area (Å²) in [4.78, 5) is 16.8. The lowest BCUT2D eigenvalue weighted by Crippen LogP contribution is -2.38. The van der Waals surface area contributed by atoms with E-state index in [0.29, 0.717) is 12.3 Å². The van der Waals surface area contributed by atoms with E-state index in [0.717, 1.165) is 36.0 Å². The van der Waals surface area contributed by atoms with Gasteiger partial charge in [-0.1, -0.05) is 18.2 Å². The molecule has 1 amide bonds. The first-order valence-corrected chi connectivity index (χ1v) is 7.71. The van der Waals surface area contributed by atoms with Crippen molar-refractivity contribution in [2.24, 2.45) is 0 Å². The van der Waals surface area contributed by atoms with Gasteiger partial charge in [0.25, 0.3) is 5.91 Å². The van der Waals surface area contributed by atoms with Gasteiger partial charge in [-0.15, -0.1) is 0 Å². The van der Waals surface area contributed by atoms with Gasteiger partial charge in [-0.2, -0.15) is 0 Å². The number of likely N-dealkylation sites (N-methyl/N-ethyl adjacent to an activating group) is 1. The van der Waals surface area contributed by atoms with Crippen molar-refractivity contribution >= 4 is 16.9 Å². The molecule has 0 bridgehead atoms. The van der Waals surface area contributed by atoms with Crippen molar-refractivity contribution in [3.8, 4) is 0 Å². The maximum atomic E-state index is 12.9. The quantitative estimate of drug-likeness (QED) is 0.937. The molecule has 5 nitrogen and oxygen atoms in total. The molecule has 5 heteroatoms. The highest BCUT2D eigenvalue weighted by atomic mass is 16.3. The van der Waals surface area contributed by atoms with E-state index >= 15 is 0 Å². The largest absolute Gasteiger partial charge is 0.451 e. The Balaban J connectivity index is 1.99. The van der Waals surface area contributed by atoms with Crippen molar-refractivity contribution < 1.29 is 9.21 Å². The van der Waals surface area contributed by atoms with Crippen molar-refractivity contribution in [2.45, 2.75) is 19.0 Å². The lowest BCUT2D eigenvalue weighted by atomic mass is 10.1. The average Bonchev–Trinajstić information content (AvgIpc) is 3.14. The third-order valence-electron chi connectivity index (χ3n) is 4.27. The second kappa shape index (κ2) is 6.10. The fourth-order valence-electron chi connectivity index (χ4n) is 3.04. The molecular formula is C17H23N3O2. The first-order chi connectivity index (χ1) is 10.6. The second-order valence-electron chi connectivity index (χ2n) is 6.21. The maximum absolute atomic E-state index is 12.9. The Kier molecular flexibility index (Phi) is 4.18. The second-order valence-corrected chi connectivity index (χ2v) is 6.21. The van der Waals surface area contributed by atoms with Crippen molar-refractivity contribution in [2.75, 3.05) is 34.2 Å². The Hall–Kier alpha value is -1.85. The SMILES string of the molecule is CN(C)Cc1c(C(=O)N(C)C2CCNC2)oc2ccccc12. The third-order valence-corrected chi connectivity index (χ3v) is 4.27. The Morgan fingerprint density at radius 2 is 2.09 bits per heavy atom. The van der Waals surface area contributed by atoms with E-state index in [-0.39, 0.29) is 11.9 Å². The summed E-state index contributed by atoms with van der Waals surface area (Å²) in [6.45, 7) is 2.51. The first kappa shape index (κ1) is 15.1. The summed E-state index contributed by atoms with van der Waals surface area (Å²) in [6, 6.07) is 8.10. The van der Waals surface area contributed by atoms with Crippen molar-refractivity contribution in [3.63, 3.8) is 0 Å². The van der Waals surface area contributed by atoms with Gasteiger partial charge in [-0.25, -0.2) is 0 Å². The number of nitrogens with zero attached hydrogens (tertiary/aromatic N) is 2. The highest BCUT2D eigenvalue weighted by Gasteiger charge is 2.29. The molecule has 118 valence electrons. The van der Waals surface area contributed by atoms with Gasteiger partial charge in [0.2, 0.25) is 0 Å². The number of carbonyl (C=O) groups excluding carboxylic acids is 1. The molecule has 1 aromatic carbocycles. The molecule has 1 unspecified atom stereocenters. The lowest BCUT2D eigenvalue weighted by molar-refractivity contribution is 0.0711. The van der Waals surface area contributed by atoms with Gasteiger partial charge >= 0.3 is 0 Å². The monoisotopic (exact) mass is 301 g/mol. The molecule has 0 aliphatic carbocycles. The summed E-state index contributed by atoms with van der Waals surface area (Å²) in [5.74, 6) is 0.450. The van der Waals surface area contributed by atoms with Crippen LogP contribution in [0.15, 0.2) is 28.7 Å². The van der Waals surface area contributed by atoms with Crippen LogP contribution in [0.4, 0.5) is 0 Å². The van der Waals surface area contributed by atoms with E-state index in [4.69, 9.17) is 4.42 Å². The Bertz CT molecular complexity index is 672. The molecule has 0 spiro atoms. The molecule has 1 aliphatic heterocycles. The summed E-state index contributed by atoms with van der Waals surface area (Å²) in [6.07, 6.45) is 0.992. The molecule has 1 N–H and O–H groups in total. The first-order valence-electron chi connectivity index (χ1n) is 7.71. The molecule has 1 aliphatic rings. The Labute approximate surface area is 130 Å². The van der Waals surface area contributed by atoms with Gasteiger partial charge in [0, 0.05) is 37.1 Å². The van der Waals surface area contributed by atoms with Crippen LogP contribution in [-0.2, 0) is 6.54 Å². The van der Waals surface area contributed by atoms with Crippen LogP contribution in [0.2, 0.25) is 0 Å². The van der Waals surface area contributed by atoms with E-state index in [9.17, 15) is 4.79 Å². The predicted octanol–water partition coefficient (Wildman–Crippen LogP) is 1.93. The topological polar surface area (TPSA) is 48.7 Å². The molecule has 0 saturated carbocycles. The van der Waals surface area contributed by atoms with Crippen LogP contribution in [0.25, 0.3) is 11.0 Å². The molecule has 1 atom stereocenters.